The molecule has 0 fully saturated rings. The van der Waals surface area contributed by atoms with Gasteiger partial charge in [0.05, 0.1) is 0 Å². The van der Waals surface area contributed by atoms with Crippen molar-refractivity contribution in [1.29, 1.82) is 0 Å². The van der Waals surface area contributed by atoms with E-state index in [1.165, 1.54) is 0 Å². The smallest absolute Gasteiger partial charge is 0.322 e. The van der Waals surface area contributed by atoms with Crippen LogP contribution in [-0.4, -0.2) is 22.6 Å². The molecule has 0 saturated heterocycles. The predicted octanol–water partition coefficient (Wildman–Crippen LogP) is 2.11. The Labute approximate surface area is 114 Å². The second kappa shape index (κ2) is 6.65. The molecular formula is C13H24N4O2. The second-order valence-electron chi connectivity index (χ2n) is 5.85. The number of hydrogen-bond acceptors (Lipinski definition) is 5. The van der Waals surface area contributed by atoms with E-state index >= 15 is 0 Å². The van der Waals surface area contributed by atoms with E-state index in [2.05, 4.69) is 36.3 Å². The zero-order valence-electron chi connectivity index (χ0n) is 12.2. The summed E-state index contributed by atoms with van der Waals surface area (Å²) < 4.78 is 5.10. The van der Waals surface area contributed by atoms with Gasteiger partial charge in [-0.3, -0.25) is 10.1 Å². The van der Waals surface area contributed by atoms with Crippen LogP contribution < -0.4 is 11.1 Å². The van der Waals surface area contributed by atoms with E-state index in [0.717, 1.165) is 12.8 Å². The predicted molar refractivity (Wildman–Crippen MR) is 73.5 cm³/mol. The molecule has 1 heterocycles. The van der Waals surface area contributed by atoms with Gasteiger partial charge in [0, 0.05) is 13.3 Å². The highest BCUT2D eigenvalue weighted by Crippen LogP contribution is 2.32. The van der Waals surface area contributed by atoms with E-state index in [4.69, 9.17) is 10.2 Å². The minimum atomic E-state index is -0.102. The Balaban J connectivity index is 2.43. The Morgan fingerprint density at radius 2 is 2.05 bits per heavy atom. The van der Waals surface area contributed by atoms with Crippen LogP contribution in [0.2, 0.25) is 0 Å². The van der Waals surface area contributed by atoms with Gasteiger partial charge in [-0.15, -0.1) is 5.10 Å². The van der Waals surface area contributed by atoms with E-state index in [1.807, 2.05) is 0 Å². The number of carbonyl (C=O) groups excluding carboxylic acids is 1. The van der Waals surface area contributed by atoms with E-state index < -0.39 is 0 Å². The third-order valence-electron chi connectivity index (χ3n) is 3.23. The van der Waals surface area contributed by atoms with Crippen LogP contribution in [-0.2, 0) is 4.79 Å². The standard InChI is InChI=1S/C13H24N4O2/c1-9-16-17-12(19-9)15-11(18)6-5-10(7-8-14)13(2,3)4/h10H,5-8,14H2,1-4H3,(H,15,17,18). The van der Waals surface area contributed by atoms with Crippen molar-refractivity contribution in [2.75, 3.05) is 11.9 Å². The fraction of sp³-hybridized carbons (Fsp3) is 0.769. The highest BCUT2D eigenvalue weighted by atomic mass is 16.4. The first-order valence-electron chi connectivity index (χ1n) is 6.63. The van der Waals surface area contributed by atoms with Crippen molar-refractivity contribution in [2.24, 2.45) is 17.1 Å². The van der Waals surface area contributed by atoms with Gasteiger partial charge in [0.2, 0.25) is 11.8 Å². The average Bonchev–Trinajstić information content (AvgIpc) is 2.68. The molecule has 6 nitrogen and oxygen atoms in total. The van der Waals surface area contributed by atoms with Gasteiger partial charge >= 0.3 is 6.01 Å². The first-order valence-corrected chi connectivity index (χ1v) is 6.63. The molecule has 0 aliphatic heterocycles. The summed E-state index contributed by atoms with van der Waals surface area (Å²) in [4.78, 5) is 11.8. The zero-order chi connectivity index (χ0) is 14.5. The molecule has 0 aliphatic carbocycles. The van der Waals surface area contributed by atoms with Crippen LogP contribution >= 0.6 is 0 Å². The molecule has 0 bridgehead atoms. The second-order valence-corrected chi connectivity index (χ2v) is 5.85. The number of nitrogens with zero attached hydrogens (tertiary/aromatic N) is 2. The molecule has 0 saturated carbocycles. The maximum Gasteiger partial charge on any atom is 0.322 e. The van der Waals surface area contributed by atoms with Crippen molar-refractivity contribution in [3.05, 3.63) is 5.89 Å². The molecule has 1 aromatic heterocycles. The summed E-state index contributed by atoms with van der Waals surface area (Å²) in [5.74, 6) is 0.758. The van der Waals surface area contributed by atoms with Gasteiger partial charge in [-0.05, 0) is 30.7 Å². The summed E-state index contributed by atoms with van der Waals surface area (Å²) in [6.07, 6.45) is 2.17. The molecular weight excluding hydrogens is 244 g/mol. The Bertz CT molecular complexity index is 409. The topological polar surface area (TPSA) is 94.0 Å². The number of aryl methyl sites for hydroxylation is 1. The van der Waals surface area contributed by atoms with Gasteiger partial charge in [-0.1, -0.05) is 25.9 Å². The molecule has 1 rings (SSSR count). The third kappa shape index (κ3) is 5.38. The molecule has 0 aromatic carbocycles. The summed E-state index contributed by atoms with van der Waals surface area (Å²) in [5, 5.41) is 9.99. The number of nitrogens with one attached hydrogen (secondary N) is 1. The van der Waals surface area contributed by atoms with Crippen molar-refractivity contribution < 1.29 is 9.21 Å². The van der Waals surface area contributed by atoms with E-state index in [-0.39, 0.29) is 17.3 Å². The highest BCUT2D eigenvalue weighted by molar-refractivity contribution is 5.88. The van der Waals surface area contributed by atoms with Crippen molar-refractivity contribution in [2.45, 2.75) is 47.0 Å². The van der Waals surface area contributed by atoms with Gasteiger partial charge < -0.3 is 10.2 Å². The molecule has 3 N–H and O–H groups in total. The molecule has 1 atom stereocenters. The van der Waals surface area contributed by atoms with Crippen LogP contribution in [0.1, 0.15) is 45.9 Å². The van der Waals surface area contributed by atoms with Crippen LogP contribution in [0.4, 0.5) is 6.01 Å². The maximum atomic E-state index is 11.8. The fourth-order valence-electron chi connectivity index (χ4n) is 2.05. The third-order valence-corrected chi connectivity index (χ3v) is 3.23. The van der Waals surface area contributed by atoms with Crippen LogP contribution in [0.5, 0.6) is 0 Å². The van der Waals surface area contributed by atoms with E-state index in [9.17, 15) is 4.79 Å². The molecule has 6 heteroatoms. The summed E-state index contributed by atoms with van der Waals surface area (Å²) in [6.45, 7) is 8.84. The zero-order valence-corrected chi connectivity index (χ0v) is 12.2. The molecule has 1 amide bonds. The van der Waals surface area contributed by atoms with Gasteiger partial charge in [0.25, 0.3) is 0 Å². The number of carbonyl (C=O) groups is 1. The van der Waals surface area contributed by atoms with Gasteiger partial charge in [0.15, 0.2) is 0 Å². The Morgan fingerprint density at radius 1 is 1.37 bits per heavy atom. The Kier molecular flexibility index (Phi) is 5.47. The lowest BCUT2D eigenvalue weighted by Gasteiger charge is -2.30. The molecule has 19 heavy (non-hydrogen) atoms. The first-order chi connectivity index (χ1) is 8.82. The number of hydrogen-bond donors (Lipinski definition) is 2. The van der Waals surface area contributed by atoms with Gasteiger partial charge in [-0.2, -0.15) is 0 Å². The molecule has 0 aliphatic rings. The minimum Gasteiger partial charge on any atom is -0.408 e. The quantitative estimate of drug-likeness (QED) is 0.824. The molecule has 108 valence electrons. The van der Waals surface area contributed by atoms with E-state index in [1.54, 1.807) is 6.92 Å². The normalized spacial score (nSPS) is 13.3. The summed E-state index contributed by atoms with van der Waals surface area (Å²) in [7, 11) is 0. The van der Waals surface area contributed by atoms with Gasteiger partial charge in [-0.25, -0.2) is 0 Å². The SMILES string of the molecule is Cc1nnc(NC(=O)CCC(CCN)C(C)(C)C)o1. The van der Waals surface area contributed by atoms with Crippen molar-refractivity contribution in [3.63, 3.8) is 0 Å². The number of rotatable bonds is 6. The van der Waals surface area contributed by atoms with Crippen LogP contribution in [0.15, 0.2) is 4.42 Å². The van der Waals surface area contributed by atoms with Crippen molar-refractivity contribution in [1.82, 2.24) is 10.2 Å². The Morgan fingerprint density at radius 3 is 2.53 bits per heavy atom. The van der Waals surface area contributed by atoms with Crippen LogP contribution in [0.25, 0.3) is 0 Å². The highest BCUT2D eigenvalue weighted by Gasteiger charge is 2.24. The van der Waals surface area contributed by atoms with Crippen LogP contribution in [0, 0.1) is 18.3 Å². The number of amides is 1. The summed E-state index contributed by atoms with van der Waals surface area (Å²) in [6, 6.07) is 0.161. The fourth-order valence-corrected chi connectivity index (χ4v) is 2.05. The van der Waals surface area contributed by atoms with E-state index in [0.29, 0.717) is 24.8 Å². The summed E-state index contributed by atoms with van der Waals surface area (Å²) in [5.41, 5.74) is 5.78. The molecule has 1 unspecified atom stereocenters. The van der Waals surface area contributed by atoms with Crippen molar-refractivity contribution in [3.8, 4) is 0 Å². The minimum absolute atomic E-state index is 0.102. The average molecular weight is 268 g/mol. The number of anilines is 1. The molecule has 0 radical (unpaired) electrons. The maximum absolute atomic E-state index is 11.8. The lowest BCUT2D eigenvalue weighted by atomic mass is 9.76. The Hall–Kier alpha value is -1.43. The first kappa shape index (κ1) is 15.6. The van der Waals surface area contributed by atoms with Gasteiger partial charge in [0.1, 0.15) is 0 Å². The van der Waals surface area contributed by atoms with Crippen LogP contribution in [0.3, 0.4) is 0 Å². The largest absolute Gasteiger partial charge is 0.408 e. The lowest BCUT2D eigenvalue weighted by molar-refractivity contribution is -0.116. The molecule has 1 aromatic rings. The lowest BCUT2D eigenvalue weighted by Crippen LogP contribution is -2.25. The monoisotopic (exact) mass is 268 g/mol. The number of nitrogens with two attached hydrogens (primary N) is 1. The summed E-state index contributed by atoms with van der Waals surface area (Å²) >= 11 is 0. The molecule has 0 spiro atoms. The number of aromatic nitrogens is 2. The van der Waals surface area contributed by atoms with Crippen molar-refractivity contribution >= 4 is 11.9 Å².